The summed E-state index contributed by atoms with van der Waals surface area (Å²) in [5, 5.41) is 3.10. The average Bonchev–Trinajstić information content (AvgIpc) is 3.13. The van der Waals surface area contributed by atoms with Crippen LogP contribution in [0.3, 0.4) is 0 Å². The smallest absolute Gasteiger partial charge is 0.251 e. The number of rotatable bonds is 6. The lowest BCUT2D eigenvalue weighted by atomic mass is 9.84. The highest BCUT2D eigenvalue weighted by molar-refractivity contribution is 7.89. The van der Waals surface area contributed by atoms with Crippen molar-refractivity contribution < 1.29 is 13.2 Å². The fraction of sp³-hybridized carbons (Fsp3) is 0.632. The molecule has 4 rings (SSSR count). The highest BCUT2D eigenvalue weighted by Gasteiger charge is 2.42. The van der Waals surface area contributed by atoms with Gasteiger partial charge < -0.3 is 5.32 Å². The van der Waals surface area contributed by atoms with Crippen molar-refractivity contribution in [2.24, 2.45) is 17.8 Å². The van der Waals surface area contributed by atoms with Crippen LogP contribution in [0, 0.1) is 17.8 Å². The number of carbonyl (C=O) groups excluding carboxylic acids is 1. The number of hydrogen-bond acceptors (Lipinski definition) is 3. The van der Waals surface area contributed by atoms with E-state index in [4.69, 9.17) is 0 Å². The van der Waals surface area contributed by atoms with Crippen LogP contribution in [-0.2, 0) is 10.0 Å². The van der Waals surface area contributed by atoms with Gasteiger partial charge in [0.1, 0.15) is 0 Å². The Bertz CT molecular complexity index is 773. The SMILES string of the molecule is CC(NC(=O)c1cccc(S(=O)(=O)NC2CC2)c1)C1CC2CCC1C2. The van der Waals surface area contributed by atoms with E-state index < -0.39 is 10.0 Å². The predicted octanol–water partition coefficient (Wildman–Crippen LogP) is 2.68. The lowest BCUT2D eigenvalue weighted by Crippen LogP contribution is -2.40. The molecule has 0 spiro atoms. The van der Waals surface area contributed by atoms with Crippen molar-refractivity contribution in [3.8, 4) is 0 Å². The van der Waals surface area contributed by atoms with E-state index in [0.717, 1.165) is 24.7 Å². The van der Waals surface area contributed by atoms with Gasteiger partial charge >= 0.3 is 0 Å². The Morgan fingerprint density at radius 3 is 2.60 bits per heavy atom. The molecule has 2 bridgehead atoms. The summed E-state index contributed by atoms with van der Waals surface area (Å²) in [5.74, 6) is 1.97. The maximum atomic E-state index is 12.6. The molecule has 25 heavy (non-hydrogen) atoms. The van der Waals surface area contributed by atoms with Crippen LogP contribution in [0.15, 0.2) is 29.2 Å². The van der Waals surface area contributed by atoms with E-state index in [1.807, 2.05) is 0 Å². The maximum absolute atomic E-state index is 12.6. The van der Waals surface area contributed by atoms with Crippen LogP contribution in [-0.4, -0.2) is 26.4 Å². The summed E-state index contributed by atoms with van der Waals surface area (Å²) in [7, 11) is -3.53. The summed E-state index contributed by atoms with van der Waals surface area (Å²) in [4.78, 5) is 12.8. The molecule has 0 saturated heterocycles. The Morgan fingerprint density at radius 1 is 1.16 bits per heavy atom. The van der Waals surface area contributed by atoms with Crippen molar-refractivity contribution in [2.75, 3.05) is 0 Å². The zero-order valence-electron chi connectivity index (χ0n) is 14.6. The third kappa shape index (κ3) is 3.60. The molecular weight excluding hydrogens is 336 g/mol. The monoisotopic (exact) mass is 362 g/mol. The van der Waals surface area contributed by atoms with Crippen molar-refractivity contribution in [3.05, 3.63) is 29.8 Å². The number of carbonyl (C=O) groups is 1. The first-order valence-corrected chi connectivity index (χ1v) is 10.8. The molecule has 3 aliphatic rings. The largest absolute Gasteiger partial charge is 0.349 e. The molecule has 2 N–H and O–H groups in total. The van der Waals surface area contributed by atoms with E-state index in [-0.39, 0.29) is 22.9 Å². The molecule has 0 aromatic heterocycles. The number of hydrogen-bond donors (Lipinski definition) is 2. The Labute approximate surface area is 149 Å². The van der Waals surface area contributed by atoms with Gasteiger partial charge in [0.2, 0.25) is 10.0 Å². The number of sulfonamides is 1. The second-order valence-corrected chi connectivity index (χ2v) is 9.74. The van der Waals surface area contributed by atoms with Crippen LogP contribution < -0.4 is 10.0 Å². The molecule has 5 nitrogen and oxygen atoms in total. The molecule has 3 fully saturated rings. The van der Waals surface area contributed by atoms with Gasteiger partial charge in [-0.1, -0.05) is 12.5 Å². The van der Waals surface area contributed by atoms with Crippen LogP contribution in [0.1, 0.15) is 55.8 Å². The summed E-state index contributed by atoms with van der Waals surface area (Å²) in [6.07, 6.45) is 6.93. The van der Waals surface area contributed by atoms with Gasteiger partial charge in [-0.2, -0.15) is 0 Å². The van der Waals surface area contributed by atoms with Crippen LogP contribution in [0.4, 0.5) is 0 Å². The normalized spacial score (nSPS) is 29.6. The maximum Gasteiger partial charge on any atom is 0.251 e. The van der Waals surface area contributed by atoms with Crippen molar-refractivity contribution >= 4 is 15.9 Å². The molecule has 6 heteroatoms. The standard InChI is InChI=1S/C19H26N2O3S/c1-12(18-10-13-5-6-14(18)9-13)20-19(22)15-3-2-4-17(11-15)25(23,24)21-16-7-8-16/h2-4,11-14,16,18,21H,5-10H2,1H3,(H,20,22). The minimum atomic E-state index is -3.53. The van der Waals surface area contributed by atoms with Gasteiger partial charge in [0.25, 0.3) is 5.91 Å². The quantitative estimate of drug-likeness (QED) is 0.817. The van der Waals surface area contributed by atoms with Crippen molar-refractivity contribution in [1.82, 2.24) is 10.0 Å². The fourth-order valence-corrected chi connectivity index (χ4v) is 5.95. The second kappa shape index (κ2) is 6.40. The van der Waals surface area contributed by atoms with Gasteiger partial charge in [0, 0.05) is 17.6 Å². The predicted molar refractivity (Wildman–Crippen MR) is 95.7 cm³/mol. The minimum absolute atomic E-state index is 0.0558. The summed E-state index contributed by atoms with van der Waals surface area (Å²) < 4.78 is 27.3. The number of fused-ring (bicyclic) bond motifs is 2. The van der Waals surface area contributed by atoms with Gasteiger partial charge in [-0.3, -0.25) is 4.79 Å². The Morgan fingerprint density at radius 2 is 1.96 bits per heavy atom. The molecule has 3 aliphatic carbocycles. The third-order valence-corrected chi connectivity index (χ3v) is 7.62. The first kappa shape index (κ1) is 17.0. The highest BCUT2D eigenvalue weighted by Crippen LogP contribution is 2.49. The van der Waals surface area contributed by atoms with E-state index in [2.05, 4.69) is 17.0 Å². The molecule has 4 atom stereocenters. The molecule has 1 aromatic rings. The van der Waals surface area contributed by atoms with Gasteiger partial charge in [-0.05, 0) is 75.0 Å². The zero-order valence-corrected chi connectivity index (χ0v) is 15.4. The lowest BCUT2D eigenvalue weighted by Gasteiger charge is -2.28. The van der Waals surface area contributed by atoms with E-state index in [9.17, 15) is 13.2 Å². The molecule has 4 unspecified atom stereocenters. The third-order valence-electron chi connectivity index (χ3n) is 6.10. The van der Waals surface area contributed by atoms with E-state index in [0.29, 0.717) is 11.5 Å². The molecule has 0 aliphatic heterocycles. The van der Waals surface area contributed by atoms with Crippen molar-refractivity contribution in [3.63, 3.8) is 0 Å². The first-order valence-electron chi connectivity index (χ1n) is 9.35. The summed E-state index contributed by atoms with van der Waals surface area (Å²) >= 11 is 0. The van der Waals surface area contributed by atoms with Gasteiger partial charge in [-0.25, -0.2) is 13.1 Å². The van der Waals surface area contributed by atoms with Crippen LogP contribution >= 0.6 is 0 Å². The Kier molecular flexibility index (Phi) is 4.36. The van der Waals surface area contributed by atoms with Crippen molar-refractivity contribution in [2.45, 2.75) is 62.4 Å². The molecule has 3 saturated carbocycles. The topological polar surface area (TPSA) is 75.3 Å². The molecule has 1 aromatic carbocycles. The van der Waals surface area contributed by atoms with Gasteiger partial charge in [0.15, 0.2) is 0 Å². The summed E-state index contributed by atoms with van der Waals surface area (Å²) in [6, 6.07) is 6.53. The number of amides is 1. The first-order chi connectivity index (χ1) is 11.9. The molecule has 136 valence electrons. The summed E-state index contributed by atoms with van der Waals surface area (Å²) in [6.45, 7) is 2.08. The van der Waals surface area contributed by atoms with Crippen LogP contribution in [0.2, 0.25) is 0 Å². The van der Waals surface area contributed by atoms with Crippen molar-refractivity contribution in [1.29, 1.82) is 0 Å². The molecule has 0 heterocycles. The average molecular weight is 362 g/mol. The fourth-order valence-electron chi connectivity index (χ4n) is 4.60. The van der Waals surface area contributed by atoms with Crippen LogP contribution in [0.25, 0.3) is 0 Å². The Hall–Kier alpha value is -1.40. The number of nitrogens with one attached hydrogen (secondary N) is 2. The highest BCUT2D eigenvalue weighted by atomic mass is 32.2. The molecular formula is C19H26N2O3S. The second-order valence-electron chi connectivity index (χ2n) is 8.02. The molecule has 0 radical (unpaired) electrons. The number of benzene rings is 1. The van der Waals surface area contributed by atoms with Gasteiger partial charge in [0.05, 0.1) is 4.90 Å². The van der Waals surface area contributed by atoms with Gasteiger partial charge in [-0.15, -0.1) is 0 Å². The minimum Gasteiger partial charge on any atom is -0.349 e. The zero-order chi connectivity index (χ0) is 17.6. The van der Waals surface area contributed by atoms with E-state index >= 15 is 0 Å². The van der Waals surface area contributed by atoms with E-state index in [1.165, 1.54) is 31.7 Å². The lowest BCUT2D eigenvalue weighted by molar-refractivity contribution is 0.0915. The van der Waals surface area contributed by atoms with Crippen LogP contribution in [0.5, 0.6) is 0 Å². The molecule has 1 amide bonds. The Balaban J connectivity index is 1.44. The van der Waals surface area contributed by atoms with E-state index in [1.54, 1.807) is 18.2 Å². The summed E-state index contributed by atoms with van der Waals surface area (Å²) in [5.41, 5.74) is 0.411.